The number of methoxy groups -OCH3 is 2. The number of hydrogen-bond acceptors (Lipinski definition) is 3. The highest BCUT2D eigenvalue weighted by molar-refractivity contribution is 9.10. The number of amides is 1. The van der Waals surface area contributed by atoms with Gasteiger partial charge in [-0.25, -0.2) is 4.39 Å². The summed E-state index contributed by atoms with van der Waals surface area (Å²) in [5, 5.41) is 2.67. The van der Waals surface area contributed by atoms with Crippen LogP contribution in [0.15, 0.2) is 40.9 Å². The molecule has 2 aromatic carbocycles. The van der Waals surface area contributed by atoms with E-state index in [1.54, 1.807) is 18.2 Å². The molecule has 0 bridgehead atoms. The second-order valence-corrected chi connectivity index (χ2v) is 5.01. The van der Waals surface area contributed by atoms with Gasteiger partial charge in [0.2, 0.25) is 0 Å². The van der Waals surface area contributed by atoms with Crippen LogP contribution in [-0.2, 0) is 0 Å². The topological polar surface area (TPSA) is 47.6 Å². The van der Waals surface area contributed by atoms with Crippen molar-refractivity contribution >= 4 is 27.5 Å². The second-order valence-electron chi connectivity index (χ2n) is 4.15. The molecule has 4 nitrogen and oxygen atoms in total. The maximum atomic E-state index is 13.4. The van der Waals surface area contributed by atoms with Crippen LogP contribution >= 0.6 is 15.9 Å². The number of carbonyl (C=O) groups is 1. The van der Waals surface area contributed by atoms with Crippen molar-refractivity contribution in [2.45, 2.75) is 0 Å². The maximum Gasteiger partial charge on any atom is 0.255 e. The fourth-order valence-corrected chi connectivity index (χ4v) is 2.00. The van der Waals surface area contributed by atoms with E-state index < -0.39 is 11.7 Å². The lowest BCUT2D eigenvalue weighted by Crippen LogP contribution is -2.12. The molecule has 2 aromatic rings. The summed E-state index contributed by atoms with van der Waals surface area (Å²) in [7, 11) is 3.04. The molecule has 0 radical (unpaired) electrons. The minimum absolute atomic E-state index is 0.227. The Kier molecular flexibility index (Phi) is 4.80. The molecule has 0 aromatic heterocycles. The van der Waals surface area contributed by atoms with Crippen LogP contribution in [0.25, 0.3) is 0 Å². The molecule has 1 N–H and O–H groups in total. The summed E-state index contributed by atoms with van der Waals surface area (Å²) >= 11 is 3.04. The van der Waals surface area contributed by atoms with E-state index in [-0.39, 0.29) is 5.56 Å². The molecule has 110 valence electrons. The SMILES string of the molecule is COc1ccc(NC(=O)c2ccc(Br)c(F)c2)cc1OC. The maximum absolute atomic E-state index is 13.4. The number of anilines is 1. The molecule has 0 fully saturated rings. The Balaban J connectivity index is 2.21. The van der Waals surface area contributed by atoms with Crippen LogP contribution in [0, 0.1) is 5.82 Å². The van der Waals surface area contributed by atoms with E-state index in [1.165, 1.54) is 32.4 Å². The van der Waals surface area contributed by atoms with Crippen LogP contribution in [0.4, 0.5) is 10.1 Å². The van der Waals surface area contributed by atoms with E-state index in [0.29, 0.717) is 21.7 Å². The molecule has 2 rings (SSSR count). The van der Waals surface area contributed by atoms with Gasteiger partial charge in [0.05, 0.1) is 18.7 Å². The largest absolute Gasteiger partial charge is 0.493 e. The smallest absolute Gasteiger partial charge is 0.255 e. The normalized spacial score (nSPS) is 10.1. The zero-order valence-corrected chi connectivity index (χ0v) is 13.0. The van der Waals surface area contributed by atoms with Crippen LogP contribution < -0.4 is 14.8 Å². The molecule has 0 aliphatic carbocycles. The number of ether oxygens (including phenoxy) is 2. The Morgan fingerprint density at radius 2 is 1.81 bits per heavy atom. The average Bonchev–Trinajstić information content (AvgIpc) is 2.49. The molecule has 0 saturated heterocycles. The van der Waals surface area contributed by atoms with Crippen LogP contribution in [0.5, 0.6) is 11.5 Å². The average molecular weight is 354 g/mol. The first-order chi connectivity index (χ1) is 10.0. The summed E-state index contributed by atoms with van der Waals surface area (Å²) in [6.07, 6.45) is 0. The Labute approximate surface area is 130 Å². The van der Waals surface area contributed by atoms with E-state index in [4.69, 9.17) is 9.47 Å². The molecule has 0 heterocycles. The van der Waals surface area contributed by atoms with E-state index in [0.717, 1.165) is 0 Å². The molecule has 0 unspecified atom stereocenters. The standard InChI is InChI=1S/C15H13BrFNO3/c1-20-13-6-4-10(8-14(13)21-2)18-15(19)9-3-5-11(16)12(17)7-9/h3-8H,1-2H3,(H,18,19). The molecule has 6 heteroatoms. The summed E-state index contributed by atoms with van der Waals surface area (Å²) < 4.78 is 24.0. The van der Waals surface area contributed by atoms with Gasteiger partial charge in [-0.15, -0.1) is 0 Å². The van der Waals surface area contributed by atoms with Gasteiger partial charge >= 0.3 is 0 Å². The highest BCUT2D eigenvalue weighted by Gasteiger charge is 2.11. The number of rotatable bonds is 4. The van der Waals surface area contributed by atoms with Gasteiger partial charge in [-0.05, 0) is 46.3 Å². The van der Waals surface area contributed by atoms with Crippen LogP contribution in [0.2, 0.25) is 0 Å². The highest BCUT2D eigenvalue weighted by atomic mass is 79.9. The number of hydrogen-bond donors (Lipinski definition) is 1. The summed E-state index contributed by atoms with van der Waals surface area (Å²) in [6.45, 7) is 0. The van der Waals surface area contributed by atoms with Crippen LogP contribution in [-0.4, -0.2) is 20.1 Å². The zero-order chi connectivity index (χ0) is 15.4. The van der Waals surface area contributed by atoms with Gasteiger partial charge in [0.1, 0.15) is 5.82 Å². The van der Waals surface area contributed by atoms with Crippen molar-refractivity contribution in [2.75, 3.05) is 19.5 Å². The van der Waals surface area contributed by atoms with Crippen molar-refractivity contribution in [1.82, 2.24) is 0 Å². The van der Waals surface area contributed by atoms with Crippen molar-refractivity contribution in [3.63, 3.8) is 0 Å². The van der Waals surface area contributed by atoms with Crippen molar-refractivity contribution in [1.29, 1.82) is 0 Å². The lowest BCUT2D eigenvalue weighted by molar-refractivity contribution is 0.102. The van der Waals surface area contributed by atoms with Crippen LogP contribution in [0.1, 0.15) is 10.4 Å². The van der Waals surface area contributed by atoms with E-state index in [2.05, 4.69) is 21.2 Å². The fraction of sp³-hybridized carbons (Fsp3) is 0.133. The Hall–Kier alpha value is -2.08. The van der Waals surface area contributed by atoms with Gasteiger partial charge in [-0.2, -0.15) is 0 Å². The second kappa shape index (κ2) is 6.58. The third-order valence-corrected chi connectivity index (χ3v) is 3.47. The predicted octanol–water partition coefficient (Wildman–Crippen LogP) is 3.86. The summed E-state index contributed by atoms with van der Waals surface area (Å²) in [6, 6.07) is 9.17. The quantitative estimate of drug-likeness (QED) is 0.907. The molecule has 0 aliphatic heterocycles. The minimum atomic E-state index is -0.491. The Morgan fingerprint density at radius 1 is 1.10 bits per heavy atom. The molecule has 0 atom stereocenters. The third kappa shape index (κ3) is 3.52. The van der Waals surface area contributed by atoms with Gasteiger partial charge in [0.25, 0.3) is 5.91 Å². The molecular weight excluding hydrogens is 341 g/mol. The van der Waals surface area contributed by atoms with Gasteiger partial charge in [0, 0.05) is 17.3 Å². The first kappa shape index (κ1) is 15.3. The van der Waals surface area contributed by atoms with Crippen molar-refractivity contribution in [3.05, 3.63) is 52.3 Å². The lowest BCUT2D eigenvalue weighted by atomic mass is 10.2. The van der Waals surface area contributed by atoms with E-state index in [1.807, 2.05) is 0 Å². The van der Waals surface area contributed by atoms with Crippen molar-refractivity contribution in [3.8, 4) is 11.5 Å². The molecule has 21 heavy (non-hydrogen) atoms. The monoisotopic (exact) mass is 353 g/mol. The van der Waals surface area contributed by atoms with E-state index in [9.17, 15) is 9.18 Å². The summed E-state index contributed by atoms with van der Waals surface area (Å²) in [5.41, 5.74) is 0.756. The van der Waals surface area contributed by atoms with Gasteiger partial charge in [-0.1, -0.05) is 0 Å². The molecule has 0 saturated carbocycles. The molecular formula is C15H13BrFNO3. The van der Waals surface area contributed by atoms with Gasteiger partial charge < -0.3 is 14.8 Å². The fourth-order valence-electron chi connectivity index (χ4n) is 1.75. The Morgan fingerprint density at radius 3 is 2.43 bits per heavy atom. The summed E-state index contributed by atoms with van der Waals surface area (Å²) in [5.74, 6) is 0.158. The molecule has 0 spiro atoms. The minimum Gasteiger partial charge on any atom is -0.493 e. The molecule has 0 aliphatic rings. The lowest BCUT2D eigenvalue weighted by Gasteiger charge is -2.10. The zero-order valence-electron chi connectivity index (χ0n) is 11.4. The first-order valence-electron chi connectivity index (χ1n) is 6.03. The predicted molar refractivity (Wildman–Crippen MR) is 81.6 cm³/mol. The van der Waals surface area contributed by atoms with Gasteiger partial charge in [-0.3, -0.25) is 4.79 Å². The number of benzene rings is 2. The van der Waals surface area contributed by atoms with Crippen LogP contribution in [0.3, 0.4) is 0 Å². The first-order valence-corrected chi connectivity index (χ1v) is 6.83. The Bertz CT molecular complexity index is 676. The summed E-state index contributed by atoms with van der Waals surface area (Å²) in [4.78, 5) is 12.1. The third-order valence-electron chi connectivity index (χ3n) is 2.82. The molecule has 1 amide bonds. The van der Waals surface area contributed by atoms with E-state index >= 15 is 0 Å². The van der Waals surface area contributed by atoms with Crippen molar-refractivity contribution < 1.29 is 18.7 Å². The number of halogens is 2. The number of nitrogens with one attached hydrogen (secondary N) is 1. The number of carbonyl (C=O) groups excluding carboxylic acids is 1. The van der Waals surface area contributed by atoms with Gasteiger partial charge in [0.15, 0.2) is 11.5 Å². The highest BCUT2D eigenvalue weighted by Crippen LogP contribution is 2.30. The van der Waals surface area contributed by atoms with Crippen molar-refractivity contribution in [2.24, 2.45) is 0 Å².